The van der Waals surface area contributed by atoms with E-state index in [-0.39, 0.29) is 36.5 Å². The van der Waals surface area contributed by atoms with Gasteiger partial charge in [-0.1, -0.05) is 6.07 Å². The van der Waals surface area contributed by atoms with Crippen molar-refractivity contribution in [2.24, 2.45) is 0 Å². The monoisotopic (exact) mass is 508 g/mol. The number of anilines is 1. The van der Waals surface area contributed by atoms with E-state index in [0.29, 0.717) is 5.56 Å². The molecular weight excluding hydrogens is 486 g/mol. The molecule has 1 aliphatic rings. The highest BCUT2D eigenvalue weighted by molar-refractivity contribution is 7.84. The highest BCUT2D eigenvalue weighted by Crippen LogP contribution is 2.27. The molecule has 0 aliphatic heterocycles. The Hall–Kier alpha value is -3.33. The summed E-state index contributed by atoms with van der Waals surface area (Å²) in [6.45, 7) is 0.123. The van der Waals surface area contributed by atoms with Gasteiger partial charge in [0.2, 0.25) is 5.78 Å². The molecule has 4 rings (SSSR count). The van der Waals surface area contributed by atoms with Gasteiger partial charge in [0.25, 0.3) is 0 Å². The number of rotatable bonds is 9. The van der Waals surface area contributed by atoms with E-state index in [1.54, 1.807) is 0 Å². The van der Waals surface area contributed by atoms with Gasteiger partial charge in [0, 0.05) is 25.5 Å². The third-order valence-corrected chi connectivity index (χ3v) is 6.47. The molecule has 1 aromatic carbocycles. The third kappa shape index (κ3) is 5.85. The fourth-order valence-electron chi connectivity index (χ4n) is 3.75. The van der Waals surface area contributed by atoms with Gasteiger partial charge in [-0.15, -0.1) is 0 Å². The van der Waals surface area contributed by atoms with Crippen molar-refractivity contribution in [1.82, 2.24) is 24.5 Å². The lowest BCUT2D eigenvalue weighted by atomic mass is 10.1. The van der Waals surface area contributed by atoms with E-state index in [0.717, 1.165) is 12.1 Å². The standard InChI is InChI=1S/C21H22F2N6O5S/c1-24-35(32,33)34-19-8-13(7-18(19)30)27-21-14(9-25-11-26-21)20(31)17-4-5-29(28-17)10-12-2-3-15(22)16(23)6-12/h2-6,9,11,13,18-19,24,30H,7-8,10H2,1H3,(H,25,26,27)/t13-,18+,19-/m1/s1. The molecule has 2 aromatic heterocycles. The van der Waals surface area contributed by atoms with Gasteiger partial charge in [-0.05, 0) is 36.6 Å². The van der Waals surface area contributed by atoms with Crippen molar-refractivity contribution < 1.29 is 31.3 Å². The number of halogens is 2. The molecule has 0 spiro atoms. The van der Waals surface area contributed by atoms with Gasteiger partial charge in [-0.3, -0.25) is 13.7 Å². The predicted octanol–water partition coefficient (Wildman–Crippen LogP) is 1.02. The fourth-order valence-corrected chi connectivity index (χ4v) is 4.38. The van der Waals surface area contributed by atoms with Crippen LogP contribution in [0.25, 0.3) is 0 Å². The van der Waals surface area contributed by atoms with Crippen LogP contribution in [0.15, 0.2) is 43.0 Å². The van der Waals surface area contributed by atoms with Gasteiger partial charge in [-0.2, -0.15) is 18.2 Å². The van der Waals surface area contributed by atoms with Crippen LogP contribution in [-0.2, 0) is 21.0 Å². The molecule has 3 N–H and O–H groups in total. The molecule has 2 heterocycles. The Bertz CT molecular complexity index is 1340. The number of benzene rings is 1. The van der Waals surface area contributed by atoms with E-state index in [1.165, 1.54) is 42.6 Å². The molecule has 0 amide bonds. The summed E-state index contributed by atoms with van der Waals surface area (Å²) in [7, 11) is -2.78. The molecule has 0 unspecified atom stereocenters. The molecule has 0 saturated heterocycles. The third-order valence-electron chi connectivity index (χ3n) is 5.47. The summed E-state index contributed by atoms with van der Waals surface area (Å²) in [5.41, 5.74) is 0.666. The van der Waals surface area contributed by atoms with Crippen molar-refractivity contribution >= 4 is 21.9 Å². The Morgan fingerprint density at radius 3 is 2.80 bits per heavy atom. The first-order valence-electron chi connectivity index (χ1n) is 10.5. The summed E-state index contributed by atoms with van der Waals surface area (Å²) in [6.07, 6.45) is 2.42. The molecule has 1 aliphatic carbocycles. The van der Waals surface area contributed by atoms with E-state index in [2.05, 4.69) is 20.4 Å². The quantitative estimate of drug-likeness (QED) is 0.360. The summed E-state index contributed by atoms with van der Waals surface area (Å²) in [6, 6.07) is 4.55. The number of carbonyl (C=O) groups is 1. The van der Waals surface area contributed by atoms with Crippen LogP contribution in [-0.4, -0.2) is 64.4 Å². The Morgan fingerprint density at radius 2 is 2.06 bits per heavy atom. The zero-order chi connectivity index (χ0) is 25.2. The van der Waals surface area contributed by atoms with Crippen molar-refractivity contribution in [3.8, 4) is 0 Å². The van der Waals surface area contributed by atoms with Gasteiger partial charge in [0.1, 0.15) is 23.9 Å². The second kappa shape index (κ2) is 10.1. The van der Waals surface area contributed by atoms with E-state index < -0.39 is 46.0 Å². The molecule has 186 valence electrons. The summed E-state index contributed by atoms with van der Waals surface area (Å²) in [5.74, 6) is -2.22. The average Bonchev–Trinajstić information content (AvgIpc) is 3.42. The van der Waals surface area contributed by atoms with Crippen LogP contribution in [0, 0.1) is 11.6 Å². The second-order valence-electron chi connectivity index (χ2n) is 7.93. The largest absolute Gasteiger partial charge is 0.390 e. The number of aliphatic hydroxyl groups excluding tert-OH is 1. The minimum atomic E-state index is -3.98. The average molecular weight is 509 g/mol. The van der Waals surface area contributed by atoms with Crippen LogP contribution in [0.4, 0.5) is 14.6 Å². The molecule has 0 bridgehead atoms. The molecule has 3 atom stereocenters. The van der Waals surface area contributed by atoms with Gasteiger partial charge >= 0.3 is 10.3 Å². The molecule has 3 aromatic rings. The summed E-state index contributed by atoms with van der Waals surface area (Å²) in [5, 5.41) is 17.5. The van der Waals surface area contributed by atoms with Crippen molar-refractivity contribution in [3.05, 3.63) is 71.4 Å². The Labute approximate surface area is 199 Å². The number of hydrogen-bond acceptors (Lipinski definition) is 9. The van der Waals surface area contributed by atoms with Crippen molar-refractivity contribution in [2.45, 2.75) is 37.6 Å². The maximum atomic E-state index is 13.5. The minimum Gasteiger partial charge on any atom is -0.390 e. The maximum absolute atomic E-state index is 13.5. The van der Waals surface area contributed by atoms with Gasteiger partial charge in [0.15, 0.2) is 11.6 Å². The van der Waals surface area contributed by atoms with Crippen LogP contribution in [0.5, 0.6) is 0 Å². The molecule has 14 heteroatoms. The lowest BCUT2D eigenvalue weighted by Crippen LogP contribution is -2.31. The Kier molecular flexibility index (Phi) is 7.16. The Morgan fingerprint density at radius 1 is 1.26 bits per heavy atom. The number of nitrogens with zero attached hydrogens (tertiary/aromatic N) is 4. The summed E-state index contributed by atoms with van der Waals surface area (Å²) < 4.78 is 58.3. The highest BCUT2D eigenvalue weighted by Gasteiger charge is 2.37. The van der Waals surface area contributed by atoms with Crippen LogP contribution >= 0.6 is 0 Å². The number of nitrogens with one attached hydrogen (secondary N) is 2. The van der Waals surface area contributed by atoms with E-state index in [1.807, 2.05) is 4.72 Å². The highest BCUT2D eigenvalue weighted by atomic mass is 32.2. The number of carbonyl (C=O) groups excluding carboxylic acids is 1. The molecule has 11 nitrogen and oxygen atoms in total. The van der Waals surface area contributed by atoms with Gasteiger partial charge < -0.3 is 10.4 Å². The SMILES string of the molecule is CNS(=O)(=O)O[C@@H]1C[C@H](Nc2ncncc2C(=O)c2ccn(Cc3ccc(F)c(F)c3)n2)C[C@@H]1O. The zero-order valence-corrected chi connectivity index (χ0v) is 19.2. The molecule has 0 radical (unpaired) electrons. The van der Waals surface area contributed by atoms with Gasteiger partial charge in [0.05, 0.1) is 18.2 Å². The first kappa shape index (κ1) is 24.8. The van der Waals surface area contributed by atoms with E-state index in [4.69, 9.17) is 4.18 Å². The maximum Gasteiger partial charge on any atom is 0.335 e. The number of hydrogen-bond donors (Lipinski definition) is 3. The van der Waals surface area contributed by atoms with Crippen LogP contribution < -0.4 is 10.0 Å². The number of ketones is 1. The first-order chi connectivity index (χ1) is 16.6. The van der Waals surface area contributed by atoms with Crippen molar-refractivity contribution in [2.75, 3.05) is 12.4 Å². The van der Waals surface area contributed by atoms with Crippen LogP contribution in [0.3, 0.4) is 0 Å². The Balaban J connectivity index is 1.46. The lowest BCUT2D eigenvalue weighted by molar-refractivity contribution is 0.0636. The van der Waals surface area contributed by atoms with Crippen molar-refractivity contribution in [1.29, 1.82) is 0 Å². The summed E-state index contributed by atoms with van der Waals surface area (Å²) >= 11 is 0. The van der Waals surface area contributed by atoms with Gasteiger partial charge in [-0.25, -0.2) is 18.7 Å². The molecule has 35 heavy (non-hydrogen) atoms. The fraction of sp³-hybridized carbons (Fsp3) is 0.333. The zero-order valence-electron chi connectivity index (χ0n) is 18.4. The smallest absolute Gasteiger partial charge is 0.335 e. The minimum absolute atomic E-state index is 0.0817. The summed E-state index contributed by atoms with van der Waals surface area (Å²) in [4.78, 5) is 21.1. The number of aromatic nitrogens is 4. The van der Waals surface area contributed by atoms with E-state index >= 15 is 0 Å². The predicted molar refractivity (Wildman–Crippen MR) is 119 cm³/mol. The van der Waals surface area contributed by atoms with Crippen LogP contribution in [0.1, 0.15) is 34.5 Å². The normalized spacial score (nSPS) is 20.2. The van der Waals surface area contributed by atoms with Crippen LogP contribution in [0.2, 0.25) is 0 Å². The van der Waals surface area contributed by atoms with Crippen molar-refractivity contribution in [3.63, 3.8) is 0 Å². The molecule has 1 fully saturated rings. The lowest BCUT2D eigenvalue weighted by Gasteiger charge is -2.15. The first-order valence-corrected chi connectivity index (χ1v) is 11.9. The second-order valence-corrected chi connectivity index (χ2v) is 9.44. The molecule has 1 saturated carbocycles. The topological polar surface area (TPSA) is 148 Å². The van der Waals surface area contributed by atoms with E-state index in [9.17, 15) is 27.1 Å². The molecular formula is C21H22F2N6O5S. The number of aliphatic hydroxyl groups is 1.